The highest BCUT2D eigenvalue weighted by molar-refractivity contribution is 7.89. The van der Waals surface area contributed by atoms with E-state index in [1.807, 2.05) is 30.3 Å². The van der Waals surface area contributed by atoms with Crippen molar-refractivity contribution in [1.29, 1.82) is 0 Å². The van der Waals surface area contributed by atoms with Crippen LogP contribution in [-0.2, 0) is 26.1 Å². The number of amides is 1. The normalized spacial score (nSPS) is 11.3. The maximum Gasteiger partial charge on any atom is 0.338 e. The maximum atomic E-state index is 12.7. The molecular formula is C20H23ClN2O5S. The predicted octanol–water partition coefficient (Wildman–Crippen LogP) is 2.84. The summed E-state index contributed by atoms with van der Waals surface area (Å²) in [6.07, 6.45) is 0. The van der Waals surface area contributed by atoms with Gasteiger partial charge >= 0.3 is 5.97 Å². The third-order valence-corrected chi connectivity index (χ3v) is 6.69. The van der Waals surface area contributed by atoms with Gasteiger partial charge in [0, 0.05) is 19.6 Å². The summed E-state index contributed by atoms with van der Waals surface area (Å²) in [7, 11) is -3.84. The van der Waals surface area contributed by atoms with Gasteiger partial charge in [0.1, 0.15) is 4.90 Å². The highest BCUT2D eigenvalue weighted by Crippen LogP contribution is 2.26. The Morgan fingerprint density at radius 1 is 1.07 bits per heavy atom. The zero-order chi connectivity index (χ0) is 21.4. The molecule has 0 aliphatic heterocycles. The number of ether oxygens (including phenoxy) is 1. The first-order chi connectivity index (χ1) is 13.8. The molecule has 0 atom stereocenters. The summed E-state index contributed by atoms with van der Waals surface area (Å²) in [5.74, 6) is -1.28. The van der Waals surface area contributed by atoms with Crippen molar-refractivity contribution >= 4 is 33.5 Å². The molecule has 0 aromatic heterocycles. The fourth-order valence-corrected chi connectivity index (χ4v) is 4.55. The van der Waals surface area contributed by atoms with Crippen LogP contribution in [-0.4, -0.2) is 44.3 Å². The minimum absolute atomic E-state index is 0.00371. The maximum absolute atomic E-state index is 12.7. The Morgan fingerprint density at radius 2 is 1.72 bits per heavy atom. The second kappa shape index (κ2) is 10.4. The number of carbonyl (C=O) groups is 2. The summed E-state index contributed by atoms with van der Waals surface area (Å²) >= 11 is 6.05. The lowest BCUT2D eigenvalue weighted by atomic mass is 10.2. The average Bonchev–Trinajstić information content (AvgIpc) is 2.72. The fourth-order valence-electron chi connectivity index (χ4n) is 2.59. The third kappa shape index (κ3) is 6.03. The van der Waals surface area contributed by atoms with Crippen LogP contribution in [0.2, 0.25) is 5.02 Å². The SMILES string of the molecule is CCN(CC)S(=O)(=O)c1cc(C(=O)OCC(=O)NCc2ccccc2)ccc1Cl. The van der Waals surface area contributed by atoms with Crippen molar-refractivity contribution in [3.8, 4) is 0 Å². The van der Waals surface area contributed by atoms with Crippen LogP contribution in [0.5, 0.6) is 0 Å². The van der Waals surface area contributed by atoms with Crippen LogP contribution in [0.15, 0.2) is 53.4 Å². The minimum Gasteiger partial charge on any atom is -0.452 e. The van der Waals surface area contributed by atoms with Crippen LogP contribution in [0.25, 0.3) is 0 Å². The molecule has 1 amide bonds. The molecule has 7 nitrogen and oxygen atoms in total. The fraction of sp³-hybridized carbons (Fsp3) is 0.300. The molecule has 0 radical (unpaired) electrons. The number of benzene rings is 2. The van der Waals surface area contributed by atoms with Crippen molar-refractivity contribution in [2.45, 2.75) is 25.3 Å². The number of esters is 1. The van der Waals surface area contributed by atoms with Crippen LogP contribution in [0, 0.1) is 0 Å². The van der Waals surface area contributed by atoms with Gasteiger partial charge in [-0.05, 0) is 23.8 Å². The smallest absolute Gasteiger partial charge is 0.338 e. The molecule has 29 heavy (non-hydrogen) atoms. The van der Waals surface area contributed by atoms with E-state index in [2.05, 4.69) is 5.32 Å². The molecule has 0 heterocycles. The van der Waals surface area contributed by atoms with E-state index in [0.29, 0.717) is 6.54 Å². The summed E-state index contributed by atoms with van der Waals surface area (Å²) in [5, 5.41) is 2.65. The summed E-state index contributed by atoms with van der Waals surface area (Å²) in [4.78, 5) is 24.0. The molecule has 0 aliphatic carbocycles. The number of rotatable bonds is 9. The van der Waals surface area contributed by atoms with E-state index >= 15 is 0 Å². The van der Waals surface area contributed by atoms with Gasteiger partial charge in [-0.15, -0.1) is 0 Å². The molecule has 0 spiro atoms. The van der Waals surface area contributed by atoms with E-state index < -0.39 is 28.5 Å². The van der Waals surface area contributed by atoms with E-state index in [4.69, 9.17) is 16.3 Å². The van der Waals surface area contributed by atoms with Gasteiger partial charge in [-0.25, -0.2) is 13.2 Å². The number of hydrogen-bond donors (Lipinski definition) is 1. The second-order valence-electron chi connectivity index (χ2n) is 6.07. The summed E-state index contributed by atoms with van der Waals surface area (Å²) in [6.45, 7) is 3.79. The van der Waals surface area contributed by atoms with Gasteiger partial charge in [0.25, 0.3) is 5.91 Å². The van der Waals surface area contributed by atoms with Crippen LogP contribution in [0.3, 0.4) is 0 Å². The van der Waals surface area contributed by atoms with E-state index in [1.54, 1.807) is 13.8 Å². The average molecular weight is 439 g/mol. The number of sulfonamides is 1. The number of nitrogens with zero attached hydrogens (tertiary/aromatic N) is 1. The first-order valence-corrected chi connectivity index (χ1v) is 10.9. The highest BCUT2D eigenvalue weighted by Gasteiger charge is 2.26. The van der Waals surface area contributed by atoms with Crippen molar-refractivity contribution < 1.29 is 22.7 Å². The van der Waals surface area contributed by atoms with Crippen LogP contribution < -0.4 is 5.32 Å². The molecule has 2 rings (SSSR count). The first-order valence-electron chi connectivity index (χ1n) is 9.07. The Labute approximate surface area is 175 Å². The molecule has 9 heteroatoms. The van der Waals surface area contributed by atoms with Crippen LogP contribution in [0.4, 0.5) is 0 Å². The van der Waals surface area contributed by atoms with E-state index in [9.17, 15) is 18.0 Å². The lowest BCUT2D eigenvalue weighted by molar-refractivity contribution is -0.124. The van der Waals surface area contributed by atoms with Crippen molar-refractivity contribution in [3.63, 3.8) is 0 Å². The van der Waals surface area contributed by atoms with Gasteiger partial charge in [0.05, 0.1) is 10.6 Å². The van der Waals surface area contributed by atoms with Gasteiger partial charge in [-0.3, -0.25) is 4.79 Å². The van der Waals surface area contributed by atoms with Gasteiger partial charge in [-0.2, -0.15) is 4.31 Å². The monoisotopic (exact) mass is 438 g/mol. The Morgan fingerprint density at radius 3 is 2.34 bits per heavy atom. The van der Waals surface area contributed by atoms with Crippen LogP contribution >= 0.6 is 11.6 Å². The Balaban J connectivity index is 2.03. The van der Waals surface area contributed by atoms with E-state index in [1.165, 1.54) is 22.5 Å². The highest BCUT2D eigenvalue weighted by atomic mass is 35.5. The number of halogens is 1. The van der Waals surface area contributed by atoms with Gasteiger partial charge in [0.2, 0.25) is 10.0 Å². The second-order valence-corrected chi connectivity index (χ2v) is 8.39. The molecule has 0 saturated heterocycles. The minimum atomic E-state index is -3.84. The predicted molar refractivity (Wildman–Crippen MR) is 110 cm³/mol. The largest absolute Gasteiger partial charge is 0.452 e. The molecule has 0 saturated carbocycles. The lowest BCUT2D eigenvalue weighted by Crippen LogP contribution is -2.31. The Hall–Kier alpha value is -2.42. The molecule has 0 aliphatic rings. The summed E-state index contributed by atoms with van der Waals surface area (Å²) < 4.78 is 31.6. The van der Waals surface area contributed by atoms with Gasteiger partial charge in [-0.1, -0.05) is 55.8 Å². The molecule has 1 N–H and O–H groups in total. The molecule has 0 fully saturated rings. The molecule has 0 bridgehead atoms. The molecule has 2 aromatic rings. The van der Waals surface area contributed by atoms with Crippen LogP contribution in [0.1, 0.15) is 29.8 Å². The number of carbonyl (C=O) groups excluding carboxylic acids is 2. The summed E-state index contributed by atoms with van der Waals surface area (Å²) in [5.41, 5.74) is 0.909. The van der Waals surface area contributed by atoms with Crippen molar-refractivity contribution in [2.75, 3.05) is 19.7 Å². The zero-order valence-electron chi connectivity index (χ0n) is 16.2. The van der Waals surface area contributed by atoms with E-state index in [-0.39, 0.29) is 28.6 Å². The van der Waals surface area contributed by atoms with Crippen molar-refractivity contribution in [3.05, 3.63) is 64.7 Å². The molecule has 156 valence electrons. The van der Waals surface area contributed by atoms with Gasteiger partial charge in [0.15, 0.2) is 6.61 Å². The van der Waals surface area contributed by atoms with E-state index in [0.717, 1.165) is 5.56 Å². The number of hydrogen-bond acceptors (Lipinski definition) is 5. The zero-order valence-corrected chi connectivity index (χ0v) is 17.8. The molecular weight excluding hydrogens is 416 g/mol. The van der Waals surface area contributed by atoms with Crippen molar-refractivity contribution in [2.24, 2.45) is 0 Å². The standard InChI is InChI=1S/C20H23ClN2O5S/c1-3-23(4-2)29(26,27)18-12-16(10-11-17(18)21)20(25)28-14-19(24)22-13-15-8-6-5-7-9-15/h5-12H,3-4,13-14H2,1-2H3,(H,22,24). The van der Waals surface area contributed by atoms with Crippen molar-refractivity contribution in [1.82, 2.24) is 9.62 Å². The Kier molecular flexibility index (Phi) is 8.19. The molecule has 2 aromatic carbocycles. The summed E-state index contributed by atoms with van der Waals surface area (Å²) in [6, 6.07) is 13.1. The third-order valence-electron chi connectivity index (χ3n) is 4.16. The Bertz CT molecular complexity index is 960. The topological polar surface area (TPSA) is 92.8 Å². The number of nitrogens with one attached hydrogen (secondary N) is 1. The first kappa shape index (κ1) is 22.9. The molecule has 0 unspecified atom stereocenters. The lowest BCUT2D eigenvalue weighted by Gasteiger charge is -2.19. The van der Waals surface area contributed by atoms with Gasteiger partial charge < -0.3 is 10.1 Å². The quantitative estimate of drug-likeness (QED) is 0.607.